The lowest BCUT2D eigenvalue weighted by atomic mass is 9.94. The molecule has 1 unspecified atom stereocenters. The number of esters is 1. The Hall–Kier alpha value is -3.50. The normalized spacial score (nSPS) is 16.2. The van der Waals surface area contributed by atoms with Gasteiger partial charge < -0.3 is 18.9 Å². The largest absolute Gasteiger partial charge is 0.463 e. The topological polar surface area (TPSA) is 104 Å². The molecule has 194 valence electrons. The number of carbonyl (C=O) groups is 2. The van der Waals surface area contributed by atoms with Gasteiger partial charge in [-0.2, -0.15) is 5.10 Å². The summed E-state index contributed by atoms with van der Waals surface area (Å²) in [6, 6.07) is 10.2. The SMILES string of the molecule is CCOC(=O)C1=C(c2ccccc2)N=C(n2cccn2)N(C(=O)OC(C)(C)C)C1CCC(OC)OC. The highest BCUT2D eigenvalue weighted by atomic mass is 16.7. The smallest absolute Gasteiger partial charge is 0.417 e. The number of aliphatic imine (C=N–C) groups is 1. The lowest BCUT2D eigenvalue weighted by Crippen LogP contribution is -2.53. The van der Waals surface area contributed by atoms with Crippen LogP contribution in [0.2, 0.25) is 0 Å². The second-order valence-electron chi connectivity index (χ2n) is 9.06. The zero-order chi connectivity index (χ0) is 26.3. The molecule has 1 amide bonds. The molecule has 0 radical (unpaired) electrons. The van der Waals surface area contributed by atoms with Gasteiger partial charge in [-0.25, -0.2) is 24.2 Å². The summed E-state index contributed by atoms with van der Waals surface area (Å²) < 4.78 is 23.4. The van der Waals surface area contributed by atoms with Crippen molar-refractivity contribution in [2.45, 2.75) is 58.5 Å². The summed E-state index contributed by atoms with van der Waals surface area (Å²) in [6.07, 6.45) is 2.75. The lowest BCUT2D eigenvalue weighted by molar-refractivity contribution is -0.139. The van der Waals surface area contributed by atoms with E-state index in [0.717, 1.165) is 0 Å². The average Bonchev–Trinajstić information content (AvgIpc) is 3.38. The molecule has 1 aliphatic rings. The molecule has 0 saturated carbocycles. The van der Waals surface area contributed by atoms with Gasteiger partial charge in [-0.3, -0.25) is 0 Å². The maximum atomic E-state index is 13.6. The molecule has 36 heavy (non-hydrogen) atoms. The van der Waals surface area contributed by atoms with E-state index in [0.29, 0.717) is 24.1 Å². The molecule has 1 atom stereocenters. The van der Waals surface area contributed by atoms with Gasteiger partial charge in [0.1, 0.15) is 5.60 Å². The van der Waals surface area contributed by atoms with Crippen LogP contribution >= 0.6 is 0 Å². The number of benzene rings is 1. The van der Waals surface area contributed by atoms with Crippen molar-refractivity contribution in [3.63, 3.8) is 0 Å². The van der Waals surface area contributed by atoms with Gasteiger partial charge in [0.05, 0.1) is 23.9 Å². The summed E-state index contributed by atoms with van der Waals surface area (Å²) in [6.45, 7) is 7.22. The molecule has 1 aliphatic heterocycles. The van der Waals surface area contributed by atoms with Gasteiger partial charge >= 0.3 is 12.1 Å². The molecule has 3 rings (SSSR count). The first-order chi connectivity index (χ1) is 17.2. The number of rotatable bonds is 8. The van der Waals surface area contributed by atoms with Crippen molar-refractivity contribution in [2.24, 2.45) is 4.99 Å². The number of methoxy groups -OCH3 is 2. The summed E-state index contributed by atoms with van der Waals surface area (Å²) in [5, 5.41) is 4.31. The number of hydrogen-bond acceptors (Lipinski definition) is 8. The van der Waals surface area contributed by atoms with Crippen LogP contribution in [0.25, 0.3) is 5.70 Å². The number of amides is 1. The van der Waals surface area contributed by atoms with Crippen molar-refractivity contribution >= 4 is 23.7 Å². The Balaban J connectivity index is 2.26. The Morgan fingerprint density at radius 1 is 1.08 bits per heavy atom. The first-order valence-corrected chi connectivity index (χ1v) is 11.8. The highest BCUT2D eigenvalue weighted by molar-refractivity contribution is 6.08. The fourth-order valence-corrected chi connectivity index (χ4v) is 3.87. The van der Waals surface area contributed by atoms with Crippen LogP contribution in [0.4, 0.5) is 4.79 Å². The van der Waals surface area contributed by atoms with Gasteiger partial charge in [-0.05, 0) is 40.2 Å². The summed E-state index contributed by atoms with van der Waals surface area (Å²) in [7, 11) is 3.07. The zero-order valence-corrected chi connectivity index (χ0v) is 21.6. The Morgan fingerprint density at radius 3 is 2.33 bits per heavy atom. The highest BCUT2D eigenvalue weighted by Gasteiger charge is 2.43. The van der Waals surface area contributed by atoms with E-state index >= 15 is 0 Å². The number of nitrogens with zero attached hydrogens (tertiary/aromatic N) is 4. The van der Waals surface area contributed by atoms with Gasteiger partial charge in [0.2, 0.25) is 5.96 Å². The van der Waals surface area contributed by atoms with E-state index in [1.54, 1.807) is 46.2 Å². The van der Waals surface area contributed by atoms with E-state index in [1.165, 1.54) is 23.8 Å². The summed E-state index contributed by atoms with van der Waals surface area (Å²) in [5.41, 5.74) is 0.562. The summed E-state index contributed by atoms with van der Waals surface area (Å²) in [5.74, 6) is -0.359. The number of aromatic nitrogens is 2. The number of carbonyl (C=O) groups excluding carboxylic acids is 2. The Kier molecular flexibility index (Phi) is 9.00. The van der Waals surface area contributed by atoms with Crippen LogP contribution in [0.1, 0.15) is 46.1 Å². The van der Waals surface area contributed by atoms with Crippen LogP contribution in [-0.2, 0) is 23.7 Å². The molecule has 1 aromatic carbocycles. The predicted molar refractivity (Wildman–Crippen MR) is 134 cm³/mol. The third-order valence-corrected chi connectivity index (χ3v) is 5.37. The average molecular weight is 499 g/mol. The van der Waals surface area contributed by atoms with Crippen molar-refractivity contribution in [1.29, 1.82) is 0 Å². The molecule has 10 nitrogen and oxygen atoms in total. The molecule has 0 N–H and O–H groups in total. The second kappa shape index (κ2) is 12.0. The van der Waals surface area contributed by atoms with Gasteiger partial charge in [0.25, 0.3) is 0 Å². The van der Waals surface area contributed by atoms with Gasteiger partial charge in [0.15, 0.2) is 6.29 Å². The molecular formula is C26H34N4O6. The van der Waals surface area contributed by atoms with Crippen LogP contribution in [0.5, 0.6) is 0 Å². The van der Waals surface area contributed by atoms with Gasteiger partial charge in [-0.15, -0.1) is 0 Å². The van der Waals surface area contributed by atoms with Crippen molar-refractivity contribution in [3.8, 4) is 0 Å². The van der Waals surface area contributed by atoms with Crippen LogP contribution < -0.4 is 0 Å². The molecule has 10 heteroatoms. The summed E-state index contributed by atoms with van der Waals surface area (Å²) in [4.78, 5) is 33.2. The van der Waals surface area contributed by atoms with Crippen LogP contribution in [0, 0.1) is 0 Å². The fourth-order valence-electron chi connectivity index (χ4n) is 3.87. The van der Waals surface area contributed by atoms with Crippen LogP contribution in [0.3, 0.4) is 0 Å². The standard InChI is InChI=1S/C26H34N4O6/c1-7-35-23(31)21-19(14-15-20(33-5)34-6)30(25(32)36-26(2,3)4)24(29-17-11-16-27-29)28-22(21)18-12-9-8-10-13-18/h8-13,16-17,19-20H,7,14-15H2,1-6H3. The van der Waals surface area contributed by atoms with Crippen LogP contribution in [-0.4, -0.2) is 71.5 Å². The Morgan fingerprint density at radius 2 is 1.78 bits per heavy atom. The minimum Gasteiger partial charge on any atom is -0.463 e. The first-order valence-electron chi connectivity index (χ1n) is 11.8. The van der Waals surface area contributed by atoms with Crippen molar-refractivity contribution in [1.82, 2.24) is 14.7 Å². The molecule has 0 aliphatic carbocycles. The molecule has 2 heterocycles. The third kappa shape index (κ3) is 6.38. The van der Waals surface area contributed by atoms with E-state index in [4.69, 9.17) is 23.9 Å². The monoisotopic (exact) mass is 498 g/mol. The number of hydrogen-bond donors (Lipinski definition) is 0. The van der Waals surface area contributed by atoms with Crippen molar-refractivity contribution < 1.29 is 28.5 Å². The quantitative estimate of drug-likeness (QED) is 0.399. The minimum absolute atomic E-state index is 0.165. The Bertz CT molecular complexity index is 1090. The van der Waals surface area contributed by atoms with Crippen molar-refractivity contribution in [2.75, 3.05) is 20.8 Å². The molecule has 0 fully saturated rings. The maximum Gasteiger partial charge on any atom is 0.417 e. The molecule has 2 aromatic rings. The van der Waals surface area contributed by atoms with Crippen molar-refractivity contribution in [3.05, 3.63) is 59.9 Å². The Labute approximate surface area is 211 Å². The molecule has 0 bridgehead atoms. The lowest BCUT2D eigenvalue weighted by Gasteiger charge is -2.38. The first kappa shape index (κ1) is 27.1. The molecular weight excluding hydrogens is 464 g/mol. The van der Waals surface area contributed by atoms with E-state index < -0.39 is 30.0 Å². The zero-order valence-electron chi connectivity index (χ0n) is 21.6. The van der Waals surface area contributed by atoms with Gasteiger partial charge in [-0.1, -0.05) is 30.3 Å². The molecule has 0 saturated heterocycles. The van der Waals surface area contributed by atoms with E-state index in [1.807, 2.05) is 30.3 Å². The second-order valence-corrected chi connectivity index (χ2v) is 9.06. The fraction of sp³-hybridized carbons (Fsp3) is 0.462. The van der Waals surface area contributed by atoms with E-state index in [2.05, 4.69) is 5.10 Å². The van der Waals surface area contributed by atoms with Gasteiger partial charge in [0, 0.05) is 38.6 Å². The summed E-state index contributed by atoms with van der Waals surface area (Å²) >= 11 is 0. The predicted octanol–water partition coefficient (Wildman–Crippen LogP) is 4.08. The number of ether oxygens (including phenoxy) is 4. The van der Waals surface area contributed by atoms with Crippen LogP contribution in [0.15, 0.2) is 59.4 Å². The van der Waals surface area contributed by atoms with E-state index in [-0.39, 0.29) is 18.1 Å². The molecule has 1 aromatic heterocycles. The molecule has 0 spiro atoms. The maximum absolute atomic E-state index is 13.6. The third-order valence-electron chi connectivity index (χ3n) is 5.37. The minimum atomic E-state index is -0.793. The highest BCUT2D eigenvalue weighted by Crippen LogP contribution is 2.34. The van der Waals surface area contributed by atoms with E-state index in [9.17, 15) is 9.59 Å².